The molecule has 0 aromatic carbocycles. The summed E-state index contributed by atoms with van der Waals surface area (Å²) in [6.45, 7) is 0. The lowest BCUT2D eigenvalue weighted by Crippen LogP contribution is -1.88. The molecule has 0 unspecified atom stereocenters. The minimum Gasteiger partial charge on any atom is -0.469 e. The largest absolute Gasteiger partial charge is 0.469 e. The van der Waals surface area contributed by atoms with Gasteiger partial charge in [0.25, 0.3) is 0 Å². The quantitative estimate of drug-likeness (QED) is 0.640. The van der Waals surface area contributed by atoms with E-state index in [0.717, 1.165) is 29.9 Å². The number of rotatable bonds is 4. The molecule has 12 heavy (non-hydrogen) atoms. The maximum atomic E-state index is 10.5. The van der Waals surface area contributed by atoms with Crippen LogP contribution in [0.1, 0.15) is 35.4 Å². The fourth-order valence-electron chi connectivity index (χ4n) is 1.40. The van der Waals surface area contributed by atoms with Crippen molar-refractivity contribution in [3.63, 3.8) is 0 Å². The molecule has 1 heterocycles. The summed E-state index contributed by atoms with van der Waals surface area (Å²) in [4.78, 5) is 10.5. The highest BCUT2D eigenvalue weighted by Gasteiger charge is 2.21. The van der Waals surface area contributed by atoms with Crippen LogP contribution in [0, 0.1) is 5.92 Å². The van der Waals surface area contributed by atoms with Gasteiger partial charge in [0.05, 0.1) is 11.8 Å². The number of aryl methyl sites for hydroxylation is 1. The average molecular weight is 164 g/mol. The molecule has 0 N–H and O–H groups in total. The second-order valence-corrected chi connectivity index (χ2v) is 3.40. The second kappa shape index (κ2) is 3.13. The maximum Gasteiger partial charge on any atom is 0.153 e. The minimum absolute atomic E-state index is 0.718. The van der Waals surface area contributed by atoms with Crippen LogP contribution in [0.3, 0.4) is 0 Å². The van der Waals surface area contributed by atoms with Crippen molar-refractivity contribution in [3.05, 3.63) is 23.7 Å². The zero-order valence-corrected chi connectivity index (χ0v) is 6.95. The third kappa shape index (κ3) is 1.58. The molecular formula is C10H12O2. The number of hydrogen-bond acceptors (Lipinski definition) is 2. The van der Waals surface area contributed by atoms with Crippen molar-refractivity contribution in [1.29, 1.82) is 0 Å². The first kappa shape index (κ1) is 7.59. The molecule has 0 saturated heterocycles. The average Bonchev–Trinajstić information content (AvgIpc) is 2.81. The van der Waals surface area contributed by atoms with E-state index in [9.17, 15) is 4.79 Å². The van der Waals surface area contributed by atoms with Crippen molar-refractivity contribution in [3.8, 4) is 0 Å². The molecular weight excluding hydrogens is 152 g/mol. The van der Waals surface area contributed by atoms with Gasteiger partial charge in [-0.1, -0.05) is 12.8 Å². The molecule has 0 bridgehead atoms. The predicted octanol–water partition coefficient (Wildman–Crippen LogP) is 2.43. The van der Waals surface area contributed by atoms with Gasteiger partial charge in [-0.05, 0) is 18.4 Å². The summed E-state index contributed by atoms with van der Waals surface area (Å²) < 4.78 is 5.20. The van der Waals surface area contributed by atoms with E-state index in [1.54, 1.807) is 12.3 Å². The zero-order valence-electron chi connectivity index (χ0n) is 6.95. The summed E-state index contributed by atoms with van der Waals surface area (Å²) in [5.74, 6) is 1.76. The molecule has 0 spiro atoms. The van der Waals surface area contributed by atoms with Crippen LogP contribution in [0.25, 0.3) is 0 Å². The molecule has 1 aromatic rings. The molecule has 2 rings (SSSR count). The number of carbonyl (C=O) groups is 1. The Hall–Kier alpha value is -1.05. The van der Waals surface area contributed by atoms with Crippen molar-refractivity contribution in [2.45, 2.75) is 25.7 Å². The van der Waals surface area contributed by atoms with Gasteiger partial charge in [0.15, 0.2) is 6.29 Å². The summed E-state index contributed by atoms with van der Waals surface area (Å²) in [6.07, 6.45) is 7.27. The van der Waals surface area contributed by atoms with Crippen LogP contribution in [-0.4, -0.2) is 6.29 Å². The van der Waals surface area contributed by atoms with Gasteiger partial charge in [-0.25, -0.2) is 0 Å². The van der Waals surface area contributed by atoms with Gasteiger partial charge in [-0.3, -0.25) is 4.79 Å². The monoisotopic (exact) mass is 164 g/mol. The summed E-state index contributed by atoms with van der Waals surface area (Å²) in [6, 6.07) is 1.73. The standard InChI is InChI=1S/C10H12O2/c11-7-9-5-6-12-10(9)4-3-8-1-2-8/h5-8H,1-4H2. The Bertz CT molecular complexity index is 271. The number of carbonyl (C=O) groups excluding carboxylic acids is 1. The molecule has 1 fully saturated rings. The molecule has 1 aliphatic carbocycles. The smallest absolute Gasteiger partial charge is 0.153 e. The molecule has 0 aliphatic heterocycles. The number of aldehydes is 1. The van der Waals surface area contributed by atoms with E-state index < -0.39 is 0 Å². The van der Waals surface area contributed by atoms with E-state index in [1.165, 1.54) is 19.3 Å². The van der Waals surface area contributed by atoms with Crippen LogP contribution in [0.4, 0.5) is 0 Å². The van der Waals surface area contributed by atoms with Crippen molar-refractivity contribution in [2.75, 3.05) is 0 Å². The van der Waals surface area contributed by atoms with Crippen LogP contribution in [-0.2, 0) is 6.42 Å². The van der Waals surface area contributed by atoms with Crippen LogP contribution in [0.15, 0.2) is 16.7 Å². The van der Waals surface area contributed by atoms with Gasteiger partial charge in [-0.15, -0.1) is 0 Å². The summed E-state index contributed by atoms with van der Waals surface area (Å²) >= 11 is 0. The van der Waals surface area contributed by atoms with Crippen LogP contribution in [0.5, 0.6) is 0 Å². The molecule has 1 aromatic heterocycles. The molecule has 0 atom stereocenters. The fraction of sp³-hybridized carbons (Fsp3) is 0.500. The van der Waals surface area contributed by atoms with Gasteiger partial charge < -0.3 is 4.42 Å². The predicted molar refractivity (Wildman–Crippen MR) is 45.1 cm³/mol. The topological polar surface area (TPSA) is 30.2 Å². The third-order valence-electron chi connectivity index (χ3n) is 2.38. The SMILES string of the molecule is O=Cc1ccoc1CCC1CC1. The highest BCUT2D eigenvalue weighted by Crippen LogP contribution is 2.33. The first-order valence-electron chi connectivity index (χ1n) is 4.41. The molecule has 2 heteroatoms. The molecule has 64 valence electrons. The van der Waals surface area contributed by atoms with Gasteiger partial charge in [-0.2, -0.15) is 0 Å². The van der Waals surface area contributed by atoms with E-state index in [4.69, 9.17) is 4.42 Å². The summed E-state index contributed by atoms with van der Waals surface area (Å²) in [5.41, 5.74) is 0.718. The Morgan fingerprint density at radius 3 is 3.08 bits per heavy atom. The van der Waals surface area contributed by atoms with Gasteiger partial charge in [0.1, 0.15) is 5.76 Å². The first-order valence-corrected chi connectivity index (χ1v) is 4.41. The van der Waals surface area contributed by atoms with Crippen molar-refractivity contribution >= 4 is 6.29 Å². The third-order valence-corrected chi connectivity index (χ3v) is 2.38. The van der Waals surface area contributed by atoms with E-state index in [2.05, 4.69) is 0 Å². The minimum atomic E-state index is 0.718. The number of hydrogen-bond donors (Lipinski definition) is 0. The Morgan fingerprint density at radius 1 is 1.58 bits per heavy atom. The van der Waals surface area contributed by atoms with Gasteiger partial charge >= 0.3 is 0 Å². The lowest BCUT2D eigenvalue weighted by Gasteiger charge is -1.95. The normalized spacial score (nSPS) is 16.3. The second-order valence-electron chi connectivity index (χ2n) is 3.40. The highest BCUT2D eigenvalue weighted by molar-refractivity contribution is 5.75. The molecule has 2 nitrogen and oxygen atoms in total. The number of furan rings is 1. The van der Waals surface area contributed by atoms with Crippen molar-refractivity contribution in [2.24, 2.45) is 5.92 Å². The Kier molecular flexibility index (Phi) is 1.98. The zero-order chi connectivity index (χ0) is 8.39. The first-order chi connectivity index (χ1) is 5.90. The Balaban J connectivity index is 1.95. The van der Waals surface area contributed by atoms with Crippen LogP contribution >= 0.6 is 0 Å². The van der Waals surface area contributed by atoms with Crippen LogP contribution < -0.4 is 0 Å². The maximum absolute atomic E-state index is 10.5. The van der Waals surface area contributed by atoms with E-state index in [0.29, 0.717) is 0 Å². The lowest BCUT2D eigenvalue weighted by atomic mass is 10.1. The van der Waals surface area contributed by atoms with E-state index in [-0.39, 0.29) is 0 Å². The summed E-state index contributed by atoms with van der Waals surface area (Å²) in [5, 5.41) is 0. The van der Waals surface area contributed by atoms with Gasteiger partial charge in [0, 0.05) is 6.42 Å². The lowest BCUT2D eigenvalue weighted by molar-refractivity contribution is 0.112. The Morgan fingerprint density at radius 2 is 2.42 bits per heavy atom. The highest BCUT2D eigenvalue weighted by atomic mass is 16.3. The van der Waals surface area contributed by atoms with E-state index in [1.807, 2.05) is 0 Å². The molecule has 0 amide bonds. The van der Waals surface area contributed by atoms with Crippen LogP contribution in [0.2, 0.25) is 0 Å². The van der Waals surface area contributed by atoms with Crippen molar-refractivity contribution in [1.82, 2.24) is 0 Å². The van der Waals surface area contributed by atoms with Gasteiger partial charge in [0.2, 0.25) is 0 Å². The fourth-order valence-corrected chi connectivity index (χ4v) is 1.40. The summed E-state index contributed by atoms with van der Waals surface area (Å²) in [7, 11) is 0. The molecule has 1 saturated carbocycles. The molecule has 1 aliphatic rings. The molecule has 0 radical (unpaired) electrons. The van der Waals surface area contributed by atoms with Crippen molar-refractivity contribution < 1.29 is 9.21 Å². The Labute approximate surface area is 71.6 Å². The van der Waals surface area contributed by atoms with E-state index >= 15 is 0 Å².